The lowest BCUT2D eigenvalue weighted by atomic mass is 10.1. The number of nitrogens with zero attached hydrogens (tertiary/aromatic N) is 1. The van der Waals surface area contributed by atoms with E-state index in [-0.39, 0.29) is 5.91 Å². The van der Waals surface area contributed by atoms with Gasteiger partial charge in [-0.3, -0.25) is 4.79 Å². The SMILES string of the molecule is Cc1ccc(-c2ccco2)cc1NC(=O)CN(C)C. The van der Waals surface area contributed by atoms with E-state index in [2.05, 4.69) is 5.32 Å². The quantitative estimate of drug-likeness (QED) is 0.917. The van der Waals surface area contributed by atoms with Gasteiger partial charge in [-0.1, -0.05) is 12.1 Å². The summed E-state index contributed by atoms with van der Waals surface area (Å²) >= 11 is 0. The summed E-state index contributed by atoms with van der Waals surface area (Å²) < 4.78 is 5.36. The molecule has 1 heterocycles. The van der Waals surface area contributed by atoms with Crippen LogP contribution in [-0.4, -0.2) is 31.4 Å². The second-order valence-electron chi connectivity index (χ2n) is 4.79. The third-order valence-electron chi connectivity index (χ3n) is 2.78. The topological polar surface area (TPSA) is 45.5 Å². The Morgan fingerprint density at radius 3 is 2.74 bits per heavy atom. The average Bonchev–Trinajstić information content (AvgIpc) is 2.84. The number of benzene rings is 1. The Morgan fingerprint density at radius 2 is 2.11 bits per heavy atom. The molecule has 4 nitrogen and oxygen atoms in total. The zero-order valence-corrected chi connectivity index (χ0v) is 11.4. The van der Waals surface area contributed by atoms with Crippen LogP contribution in [0.15, 0.2) is 41.0 Å². The van der Waals surface area contributed by atoms with Crippen molar-refractivity contribution in [2.45, 2.75) is 6.92 Å². The highest BCUT2D eigenvalue weighted by atomic mass is 16.3. The molecule has 4 heteroatoms. The molecule has 2 rings (SSSR count). The molecule has 0 bridgehead atoms. The molecule has 0 saturated carbocycles. The van der Waals surface area contributed by atoms with Crippen LogP contribution in [0.3, 0.4) is 0 Å². The Hall–Kier alpha value is -2.07. The van der Waals surface area contributed by atoms with Gasteiger partial charge >= 0.3 is 0 Å². The van der Waals surface area contributed by atoms with Gasteiger partial charge in [-0.15, -0.1) is 0 Å². The Balaban J connectivity index is 2.20. The van der Waals surface area contributed by atoms with Crippen LogP contribution >= 0.6 is 0 Å². The molecule has 2 aromatic rings. The molecule has 0 fully saturated rings. The number of aryl methyl sites for hydroxylation is 1. The first-order valence-electron chi connectivity index (χ1n) is 6.15. The molecule has 0 aliphatic carbocycles. The zero-order valence-electron chi connectivity index (χ0n) is 11.4. The van der Waals surface area contributed by atoms with Crippen molar-refractivity contribution >= 4 is 11.6 Å². The number of hydrogen-bond acceptors (Lipinski definition) is 3. The fraction of sp³-hybridized carbons (Fsp3) is 0.267. The molecular weight excluding hydrogens is 240 g/mol. The average molecular weight is 258 g/mol. The third-order valence-corrected chi connectivity index (χ3v) is 2.78. The van der Waals surface area contributed by atoms with Crippen LogP contribution in [0.2, 0.25) is 0 Å². The zero-order chi connectivity index (χ0) is 13.8. The monoisotopic (exact) mass is 258 g/mol. The highest BCUT2D eigenvalue weighted by molar-refractivity contribution is 5.93. The molecule has 0 unspecified atom stereocenters. The minimum Gasteiger partial charge on any atom is -0.464 e. The Morgan fingerprint density at radius 1 is 1.32 bits per heavy atom. The molecule has 0 aliphatic heterocycles. The van der Waals surface area contributed by atoms with E-state index in [1.165, 1.54) is 0 Å². The van der Waals surface area contributed by atoms with E-state index < -0.39 is 0 Å². The van der Waals surface area contributed by atoms with Crippen LogP contribution in [0.5, 0.6) is 0 Å². The number of likely N-dealkylation sites (N-methyl/N-ethyl adjacent to an activating group) is 1. The molecule has 1 aromatic carbocycles. The smallest absolute Gasteiger partial charge is 0.238 e. The van der Waals surface area contributed by atoms with Gasteiger partial charge in [0.15, 0.2) is 0 Å². The molecule has 1 N–H and O–H groups in total. The van der Waals surface area contributed by atoms with Crippen LogP contribution < -0.4 is 5.32 Å². The van der Waals surface area contributed by atoms with Gasteiger partial charge in [-0.2, -0.15) is 0 Å². The van der Waals surface area contributed by atoms with Crippen molar-refractivity contribution in [1.82, 2.24) is 4.90 Å². The summed E-state index contributed by atoms with van der Waals surface area (Å²) in [5, 5.41) is 2.92. The summed E-state index contributed by atoms with van der Waals surface area (Å²) in [4.78, 5) is 13.6. The first-order chi connectivity index (χ1) is 9.06. The van der Waals surface area contributed by atoms with Crippen molar-refractivity contribution in [3.05, 3.63) is 42.2 Å². The molecule has 0 atom stereocenters. The van der Waals surface area contributed by atoms with Crippen LogP contribution in [0.4, 0.5) is 5.69 Å². The number of anilines is 1. The molecule has 1 amide bonds. The number of furan rings is 1. The Labute approximate surface area is 113 Å². The highest BCUT2D eigenvalue weighted by Crippen LogP contribution is 2.25. The van der Waals surface area contributed by atoms with Crippen molar-refractivity contribution < 1.29 is 9.21 Å². The van der Waals surface area contributed by atoms with Crippen molar-refractivity contribution in [3.63, 3.8) is 0 Å². The fourth-order valence-corrected chi connectivity index (χ4v) is 1.83. The first-order valence-corrected chi connectivity index (χ1v) is 6.15. The Kier molecular flexibility index (Phi) is 4.02. The predicted octanol–water partition coefficient (Wildman–Crippen LogP) is 2.76. The predicted molar refractivity (Wildman–Crippen MR) is 76.1 cm³/mol. The van der Waals surface area contributed by atoms with Crippen LogP contribution in [0.25, 0.3) is 11.3 Å². The number of rotatable bonds is 4. The van der Waals surface area contributed by atoms with Gasteiger partial charge in [0.2, 0.25) is 5.91 Å². The van der Waals surface area contributed by atoms with E-state index >= 15 is 0 Å². The van der Waals surface area contributed by atoms with Gasteiger partial charge in [-0.05, 0) is 44.8 Å². The first kappa shape index (κ1) is 13.4. The number of carbonyl (C=O) groups is 1. The molecule has 0 radical (unpaired) electrons. The van der Waals surface area contributed by atoms with Crippen LogP contribution in [0.1, 0.15) is 5.56 Å². The minimum atomic E-state index is -0.0234. The summed E-state index contributed by atoms with van der Waals surface area (Å²) in [6.45, 7) is 2.33. The molecular formula is C15H18N2O2. The highest BCUT2D eigenvalue weighted by Gasteiger charge is 2.08. The maximum atomic E-state index is 11.8. The van der Waals surface area contributed by atoms with Gasteiger partial charge in [0.25, 0.3) is 0 Å². The van der Waals surface area contributed by atoms with Gasteiger partial charge in [0.1, 0.15) is 5.76 Å². The minimum absolute atomic E-state index is 0.0234. The van der Waals surface area contributed by atoms with Crippen LogP contribution in [0, 0.1) is 6.92 Å². The molecule has 0 aliphatic rings. The van der Waals surface area contributed by atoms with Gasteiger partial charge < -0.3 is 14.6 Å². The maximum absolute atomic E-state index is 11.8. The van der Waals surface area contributed by atoms with Crippen molar-refractivity contribution in [3.8, 4) is 11.3 Å². The second kappa shape index (κ2) is 5.71. The van der Waals surface area contributed by atoms with E-state index in [9.17, 15) is 4.79 Å². The normalized spacial score (nSPS) is 10.7. The lowest BCUT2D eigenvalue weighted by Crippen LogP contribution is -2.27. The van der Waals surface area contributed by atoms with E-state index in [1.54, 1.807) is 6.26 Å². The number of nitrogens with one attached hydrogen (secondary N) is 1. The van der Waals surface area contributed by atoms with E-state index in [0.29, 0.717) is 6.54 Å². The Bertz CT molecular complexity index is 560. The molecule has 100 valence electrons. The summed E-state index contributed by atoms with van der Waals surface area (Å²) in [6, 6.07) is 9.64. The summed E-state index contributed by atoms with van der Waals surface area (Å²) in [6.07, 6.45) is 1.64. The fourth-order valence-electron chi connectivity index (χ4n) is 1.83. The molecule has 0 saturated heterocycles. The van der Waals surface area contributed by atoms with Gasteiger partial charge in [0, 0.05) is 11.3 Å². The van der Waals surface area contributed by atoms with Crippen LogP contribution in [-0.2, 0) is 4.79 Å². The maximum Gasteiger partial charge on any atom is 0.238 e. The largest absolute Gasteiger partial charge is 0.464 e. The third kappa shape index (κ3) is 3.45. The van der Waals surface area contributed by atoms with E-state index in [0.717, 1.165) is 22.6 Å². The molecule has 0 spiro atoms. The number of carbonyl (C=O) groups excluding carboxylic acids is 1. The summed E-state index contributed by atoms with van der Waals surface area (Å²) in [7, 11) is 3.73. The van der Waals surface area contributed by atoms with E-state index in [4.69, 9.17) is 4.42 Å². The van der Waals surface area contributed by atoms with Crippen molar-refractivity contribution in [1.29, 1.82) is 0 Å². The molecule has 1 aromatic heterocycles. The second-order valence-corrected chi connectivity index (χ2v) is 4.79. The molecule has 19 heavy (non-hydrogen) atoms. The number of amides is 1. The van der Waals surface area contributed by atoms with Gasteiger partial charge in [0.05, 0.1) is 12.8 Å². The van der Waals surface area contributed by atoms with Crippen molar-refractivity contribution in [2.75, 3.05) is 26.0 Å². The van der Waals surface area contributed by atoms with E-state index in [1.807, 2.05) is 56.3 Å². The van der Waals surface area contributed by atoms with Crippen molar-refractivity contribution in [2.24, 2.45) is 0 Å². The lowest BCUT2D eigenvalue weighted by Gasteiger charge is -2.12. The number of hydrogen-bond donors (Lipinski definition) is 1. The summed E-state index contributed by atoms with van der Waals surface area (Å²) in [5.41, 5.74) is 2.80. The standard InChI is InChI=1S/C15H18N2O2/c1-11-6-7-12(14-5-4-8-19-14)9-13(11)16-15(18)10-17(2)3/h4-9H,10H2,1-3H3,(H,16,18). The summed E-state index contributed by atoms with van der Waals surface area (Å²) in [5.74, 6) is 0.771. The lowest BCUT2D eigenvalue weighted by molar-refractivity contribution is -0.116. The van der Waals surface area contributed by atoms with Gasteiger partial charge in [-0.25, -0.2) is 0 Å².